The summed E-state index contributed by atoms with van der Waals surface area (Å²) in [5, 5.41) is 1.80. The van der Waals surface area contributed by atoms with Crippen molar-refractivity contribution in [3.8, 4) is 0 Å². The van der Waals surface area contributed by atoms with E-state index in [2.05, 4.69) is 12.1 Å². The highest BCUT2D eigenvalue weighted by atomic mass is 32.2. The lowest BCUT2D eigenvalue weighted by Crippen LogP contribution is -2.33. The number of nitrogens with zero attached hydrogens (tertiary/aromatic N) is 1. The number of hydrogen-bond donors (Lipinski definition) is 0. The Balaban J connectivity index is 1.99. The van der Waals surface area contributed by atoms with Crippen LogP contribution in [0.4, 0.5) is 0 Å². The number of sulfonamides is 1. The van der Waals surface area contributed by atoms with Crippen LogP contribution in [0.3, 0.4) is 0 Å². The predicted octanol–water partition coefficient (Wildman–Crippen LogP) is 3.45. The Morgan fingerprint density at radius 3 is 2.75 bits per heavy atom. The van der Waals surface area contributed by atoms with Gasteiger partial charge in [-0.15, -0.1) is 11.3 Å². The highest BCUT2D eigenvalue weighted by molar-refractivity contribution is 7.91. The molecule has 20 heavy (non-hydrogen) atoms. The third kappa shape index (κ3) is 2.30. The fraction of sp³-hybridized carbons (Fsp3) is 0.333. The Morgan fingerprint density at radius 2 is 2.00 bits per heavy atom. The van der Waals surface area contributed by atoms with Crippen molar-refractivity contribution >= 4 is 21.4 Å². The molecule has 0 unspecified atom stereocenters. The van der Waals surface area contributed by atoms with E-state index in [1.54, 1.807) is 24.6 Å². The molecule has 1 heterocycles. The number of fused-ring (bicyclic) bond motifs is 1. The minimum Gasteiger partial charge on any atom is -0.206 e. The molecule has 0 radical (unpaired) electrons. The minimum absolute atomic E-state index is 0.0490. The molecule has 2 aromatic rings. The SMILES string of the molecule is CN([C@@H]1CCCc2ccccc21)S(=O)(=O)c1cccs1. The van der Waals surface area contributed by atoms with Gasteiger partial charge in [-0.3, -0.25) is 0 Å². The van der Waals surface area contributed by atoms with Crippen molar-refractivity contribution in [1.82, 2.24) is 4.31 Å². The fourth-order valence-corrected chi connectivity index (χ4v) is 5.37. The first-order valence-corrected chi connectivity index (χ1v) is 9.02. The van der Waals surface area contributed by atoms with Crippen molar-refractivity contribution in [1.29, 1.82) is 0 Å². The molecule has 3 rings (SSSR count). The molecule has 0 N–H and O–H groups in total. The van der Waals surface area contributed by atoms with Gasteiger partial charge in [-0.2, -0.15) is 4.31 Å². The summed E-state index contributed by atoms with van der Waals surface area (Å²) in [6, 6.07) is 11.6. The summed E-state index contributed by atoms with van der Waals surface area (Å²) in [6.07, 6.45) is 2.96. The van der Waals surface area contributed by atoms with Gasteiger partial charge in [0, 0.05) is 7.05 Å². The maximum absolute atomic E-state index is 12.6. The lowest BCUT2D eigenvalue weighted by atomic mass is 9.88. The second kappa shape index (κ2) is 5.31. The summed E-state index contributed by atoms with van der Waals surface area (Å²) in [7, 11) is -1.69. The van der Waals surface area contributed by atoms with Crippen molar-refractivity contribution in [3.63, 3.8) is 0 Å². The van der Waals surface area contributed by atoms with E-state index in [0.717, 1.165) is 24.8 Å². The van der Waals surface area contributed by atoms with E-state index in [1.807, 2.05) is 12.1 Å². The van der Waals surface area contributed by atoms with Gasteiger partial charge in [0.1, 0.15) is 4.21 Å². The average Bonchev–Trinajstić information content (AvgIpc) is 3.01. The molecule has 0 fully saturated rings. The first-order chi connectivity index (χ1) is 9.60. The zero-order chi connectivity index (χ0) is 14.2. The second-order valence-corrected chi connectivity index (χ2v) is 8.23. The Labute approximate surface area is 123 Å². The summed E-state index contributed by atoms with van der Waals surface area (Å²) in [6.45, 7) is 0. The topological polar surface area (TPSA) is 37.4 Å². The van der Waals surface area contributed by atoms with Crippen LogP contribution >= 0.6 is 11.3 Å². The number of hydrogen-bond acceptors (Lipinski definition) is 3. The van der Waals surface area contributed by atoms with Crippen LogP contribution in [0.25, 0.3) is 0 Å². The molecule has 1 atom stereocenters. The summed E-state index contributed by atoms with van der Waals surface area (Å²) in [4.78, 5) is 0. The second-order valence-electron chi connectivity index (χ2n) is 5.06. The van der Waals surface area contributed by atoms with Gasteiger partial charge < -0.3 is 0 Å². The average molecular weight is 307 g/mol. The van der Waals surface area contributed by atoms with E-state index >= 15 is 0 Å². The Bertz CT molecular complexity index is 692. The molecule has 0 saturated heterocycles. The molecule has 106 valence electrons. The van der Waals surface area contributed by atoms with E-state index in [0.29, 0.717) is 4.21 Å². The first kappa shape index (κ1) is 13.8. The normalized spacial score (nSPS) is 19.0. The van der Waals surface area contributed by atoms with Crippen molar-refractivity contribution in [2.24, 2.45) is 0 Å². The smallest absolute Gasteiger partial charge is 0.206 e. The molecule has 3 nitrogen and oxygen atoms in total. The van der Waals surface area contributed by atoms with E-state index in [-0.39, 0.29) is 6.04 Å². The van der Waals surface area contributed by atoms with Crippen LogP contribution in [0.1, 0.15) is 30.0 Å². The Hall–Kier alpha value is -1.17. The van der Waals surface area contributed by atoms with Crippen molar-refractivity contribution < 1.29 is 8.42 Å². The molecular formula is C15H17NO2S2. The van der Waals surface area contributed by atoms with Crippen LogP contribution in [0.2, 0.25) is 0 Å². The largest absolute Gasteiger partial charge is 0.252 e. The van der Waals surface area contributed by atoms with Crippen LogP contribution in [-0.2, 0) is 16.4 Å². The molecule has 5 heteroatoms. The zero-order valence-electron chi connectivity index (χ0n) is 11.3. The number of benzene rings is 1. The maximum atomic E-state index is 12.6. The molecule has 1 aliphatic rings. The van der Waals surface area contributed by atoms with E-state index in [4.69, 9.17) is 0 Å². The highest BCUT2D eigenvalue weighted by Gasteiger charge is 2.32. The van der Waals surface area contributed by atoms with Crippen LogP contribution in [-0.4, -0.2) is 19.8 Å². The van der Waals surface area contributed by atoms with E-state index < -0.39 is 10.0 Å². The van der Waals surface area contributed by atoms with Gasteiger partial charge in [0.25, 0.3) is 10.0 Å². The molecule has 0 amide bonds. The summed E-state index contributed by atoms with van der Waals surface area (Å²) >= 11 is 1.27. The molecule has 1 aliphatic carbocycles. The molecule has 1 aromatic heterocycles. The Morgan fingerprint density at radius 1 is 1.20 bits per heavy atom. The van der Waals surface area contributed by atoms with Gasteiger partial charge in [0.05, 0.1) is 6.04 Å². The Kier molecular flexibility index (Phi) is 3.67. The quantitative estimate of drug-likeness (QED) is 0.871. The van der Waals surface area contributed by atoms with Crippen LogP contribution in [0.5, 0.6) is 0 Å². The van der Waals surface area contributed by atoms with E-state index in [9.17, 15) is 8.42 Å². The van der Waals surface area contributed by atoms with Gasteiger partial charge in [-0.05, 0) is 41.8 Å². The van der Waals surface area contributed by atoms with Gasteiger partial charge in [-0.25, -0.2) is 8.42 Å². The molecule has 1 aromatic carbocycles. The number of rotatable bonds is 3. The third-order valence-corrected chi connectivity index (χ3v) is 7.14. The summed E-state index contributed by atoms with van der Waals surface area (Å²) < 4.78 is 27.2. The van der Waals surface area contributed by atoms with Gasteiger partial charge in [0.2, 0.25) is 0 Å². The summed E-state index contributed by atoms with van der Waals surface area (Å²) in [5.41, 5.74) is 2.43. The van der Waals surface area contributed by atoms with Crippen LogP contribution in [0.15, 0.2) is 46.0 Å². The van der Waals surface area contributed by atoms with Crippen LogP contribution in [0, 0.1) is 0 Å². The molecule has 0 aliphatic heterocycles. The van der Waals surface area contributed by atoms with Gasteiger partial charge in [0.15, 0.2) is 0 Å². The molecular weight excluding hydrogens is 290 g/mol. The summed E-state index contributed by atoms with van der Waals surface area (Å²) in [5.74, 6) is 0. The van der Waals surface area contributed by atoms with Gasteiger partial charge in [-0.1, -0.05) is 30.3 Å². The minimum atomic E-state index is -3.39. The number of aryl methyl sites for hydroxylation is 1. The standard InChI is InChI=1S/C15H17NO2S2/c1-16(20(17,18)15-10-5-11-19-15)14-9-4-7-12-6-2-3-8-13(12)14/h2-3,5-6,8,10-11,14H,4,7,9H2,1H3/t14-/m1/s1. The maximum Gasteiger partial charge on any atom is 0.252 e. The third-order valence-electron chi connectivity index (χ3n) is 3.91. The highest BCUT2D eigenvalue weighted by Crippen LogP contribution is 2.36. The van der Waals surface area contributed by atoms with Crippen molar-refractivity contribution in [2.45, 2.75) is 29.5 Å². The first-order valence-electron chi connectivity index (χ1n) is 6.70. The lowest BCUT2D eigenvalue weighted by molar-refractivity contribution is 0.338. The van der Waals surface area contributed by atoms with Crippen molar-refractivity contribution in [3.05, 3.63) is 52.9 Å². The fourth-order valence-electron chi connectivity index (χ4n) is 2.83. The monoisotopic (exact) mass is 307 g/mol. The molecule has 0 bridgehead atoms. The number of thiophene rings is 1. The molecule has 0 saturated carbocycles. The van der Waals surface area contributed by atoms with Crippen LogP contribution < -0.4 is 0 Å². The molecule has 0 spiro atoms. The van der Waals surface area contributed by atoms with Gasteiger partial charge >= 0.3 is 0 Å². The lowest BCUT2D eigenvalue weighted by Gasteiger charge is -2.32. The zero-order valence-corrected chi connectivity index (χ0v) is 13.0. The predicted molar refractivity (Wildman–Crippen MR) is 81.4 cm³/mol. The van der Waals surface area contributed by atoms with E-state index in [1.165, 1.54) is 21.2 Å². The van der Waals surface area contributed by atoms with Crippen molar-refractivity contribution in [2.75, 3.05) is 7.05 Å².